The maximum Gasteiger partial charge on any atom is 0.258 e. The van der Waals surface area contributed by atoms with E-state index in [9.17, 15) is 4.79 Å². The van der Waals surface area contributed by atoms with Gasteiger partial charge in [0.25, 0.3) is 5.56 Å². The quantitative estimate of drug-likeness (QED) is 0.283. The number of benzene rings is 1. The summed E-state index contributed by atoms with van der Waals surface area (Å²) in [6, 6.07) is 13.4. The molecule has 164 valence electrons. The molecule has 3 heterocycles. The van der Waals surface area contributed by atoms with Crippen LogP contribution in [0.5, 0.6) is 5.75 Å². The van der Waals surface area contributed by atoms with Crippen molar-refractivity contribution in [3.05, 3.63) is 94.3 Å². The molecule has 4 rings (SSSR count). The van der Waals surface area contributed by atoms with Gasteiger partial charge < -0.3 is 4.74 Å². The maximum atomic E-state index is 12.4. The van der Waals surface area contributed by atoms with E-state index >= 15 is 0 Å². The number of hydrogen-bond acceptors (Lipinski definition) is 6. The molecule has 3 aromatic heterocycles. The van der Waals surface area contributed by atoms with Crippen LogP contribution in [0.4, 0.5) is 0 Å². The topological polar surface area (TPSA) is 74.3 Å². The summed E-state index contributed by atoms with van der Waals surface area (Å²) in [6.07, 6.45) is 4.59. The highest BCUT2D eigenvalue weighted by molar-refractivity contribution is 7.98. The Labute approximate surface area is 190 Å². The molecule has 0 radical (unpaired) electrons. The number of fused-ring (bicyclic) bond motifs is 1. The lowest BCUT2D eigenvalue weighted by molar-refractivity contribution is 0.289. The first-order chi connectivity index (χ1) is 15.6. The van der Waals surface area contributed by atoms with E-state index in [1.807, 2.05) is 35.8 Å². The van der Waals surface area contributed by atoms with Crippen LogP contribution in [0.25, 0.3) is 5.65 Å². The molecule has 0 atom stereocenters. The number of aromatic nitrogens is 5. The summed E-state index contributed by atoms with van der Waals surface area (Å²) in [7, 11) is 0. The van der Waals surface area contributed by atoms with Gasteiger partial charge in [0.15, 0.2) is 11.0 Å². The molecule has 0 aliphatic carbocycles. The van der Waals surface area contributed by atoms with Crippen LogP contribution in [0.1, 0.15) is 29.6 Å². The molecule has 0 saturated heterocycles. The number of ether oxygens (including phenoxy) is 1. The number of nitrogens with zero attached hydrogens (tertiary/aromatic N) is 5. The normalized spacial score (nSPS) is 11.1. The fraction of sp³-hybridized carbons (Fsp3) is 0.250. The summed E-state index contributed by atoms with van der Waals surface area (Å²) in [6.45, 7) is 8.79. The molecule has 1 aromatic carbocycles. The summed E-state index contributed by atoms with van der Waals surface area (Å²) in [4.78, 5) is 17.1. The summed E-state index contributed by atoms with van der Waals surface area (Å²) in [5.74, 6) is 2.02. The number of rotatable bonds is 9. The Morgan fingerprint density at radius 1 is 1.16 bits per heavy atom. The average Bonchev–Trinajstić information content (AvgIpc) is 3.19. The van der Waals surface area contributed by atoms with Gasteiger partial charge in [-0.05, 0) is 42.7 Å². The zero-order valence-corrected chi connectivity index (χ0v) is 19.0. The monoisotopic (exact) mass is 447 g/mol. The molecule has 0 amide bonds. The molecule has 7 nitrogen and oxygen atoms in total. The van der Waals surface area contributed by atoms with Gasteiger partial charge in [-0.1, -0.05) is 43.0 Å². The van der Waals surface area contributed by atoms with E-state index in [0.29, 0.717) is 36.1 Å². The number of aryl methyl sites for hydroxylation is 2. The van der Waals surface area contributed by atoms with E-state index in [2.05, 4.69) is 40.8 Å². The van der Waals surface area contributed by atoms with E-state index in [4.69, 9.17) is 4.74 Å². The lowest BCUT2D eigenvalue weighted by Crippen LogP contribution is -2.15. The first-order valence-electron chi connectivity index (χ1n) is 10.4. The molecule has 0 spiro atoms. The first kappa shape index (κ1) is 21.8. The van der Waals surface area contributed by atoms with Crippen molar-refractivity contribution in [3.63, 3.8) is 0 Å². The van der Waals surface area contributed by atoms with Crippen molar-refractivity contribution in [2.24, 2.45) is 0 Å². The largest absolute Gasteiger partial charge is 0.486 e. The van der Waals surface area contributed by atoms with E-state index in [1.54, 1.807) is 22.7 Å². The minimum absolute atomic E-state index is 0.0926. The Morgan fingerprint density at radius 2 is 1.97 bits per heavy atom. The highest BCUT2D eigenvalue weighted by Gasteiger charge is 2.13. The second kappa shape index (κ2) is 9.82. The van der Waals surface area contributed by atoms with Crippen LogP contribution in [0.15, 0.2) is 71.3 Å². The van der Waals surface area contributed by atoms with Crippen LogP contribution in [-0.2, 0) is 25.3 Å². The molecule has 0 aliphatic rings. The molecule has 4 aromatic rings. The Kier molecular flexibility index (Phi) is 6.70. The molecule has 0 aliphatic heterocycles. The van der Waals surface area contributed by atoms with E-state index in [0.717, 1.165) is 22.9 Å². The fourth-order valence-corrected chi connectivity index (χ4v) is 4.14. The van der Waals surface area contributed by atoms with Crippen LogP contribution in [0, 0.1) is 6.92 Å². The summed E-state index contributed by atoms with van der Waals surface area (Å²) < 4.78 is 9.43. The fourth-order valence-electron chi connectivity index (χ4n) is 3.28. The Morgan fingerprint density at radius 3 is 2.72 bits per heavy atom. The summed E-state index contributed by atoms with van der Waals surface area (Å²) in [5.41, 5.74) is 3.52. The smallest absolute Gasteiger partial charge is 0.258 e. The van der Waals surface area contributed by atoms with Gasteiger partial charge in [0, 0.05) is 24.6 Å². The van der Waals surface area contributed by atoms with Gasteiger partial charge in [-0.25, -0.2) is 4.98 Å². The predicted molar refractivity (Wildman–Crippen MR) is 126 cm³/mol. The van der Waals surface area contributed by atoms with Crippen molar-refractivity contribution in [3.8, 4) is 5.75 Å². The van der Waals surface area contributed by atoms with Crippen LogP contribution < -0.4 is 10.3 Å². The zero-order chi connectivity index (χ0) is 22.5. The molecule has 0 unspecified atom stereocenters. The van der Waals surface area contributed by atoms with Crippen LogP contribution >= 0.6 is 11.8 Å². The van der Waals surface area contributed by atoms with Gasteiger partial charge in [0.1, 0.15) is 18.0 Å². The standard InChI is InChI=1S/C24H25N5O2S/c1-4-12-28-22(15-31-20-9-7-18(5-2)8-10-20)26-27-24(28)32-16-19-13-23(30)29-14-17(3)6-11-21(29)25-19/h4,6-11,13-14H,1,5,12,15-16H2,2-3H3. The van der Waals surface area contributed by atoms with Crippen molar-refractivity contribution in [1.82, 2.24) is 24.1 Å². The maximum absolute atomic E-state index is 12.4. The number of hydrogen-bond donors (Lipinski definition) is 0. The van der Waals surface area contributed by atoms with Crippen molar-refractivity contribution < 1.29 is 4.74 Å². The SMILES string of the molecule is C=CCn1c(COc2ccc(CC)cc2)nnc1SCc1cc(=O)n2cc(C)ccc2n1. The van der Waals surface area contributed by atoms with Gasteiger partial charge in [-0.2, -0.15) is 0 Å². The Bertz CT molecular complexity index is 1290. The minimum Gasteiger partial charge on any atom is -0.486 e. The zero-order valence-electron chi connectivity index (χ0n) is 18.2. The molecule has 0 N–H and O–H groups in total. The lowest BCUT2D eigenvalue weighted by atomic mass is 10.2. The molecule has 0 saturated carbocycles. The van der Waals surface area contributed by atoms with Gasteiger partial charge in [-0.15, -0.1) is 16.8 Å². The van der Waals surface area contributed by atoms with Crippen LogP contribution in [0.3, 0.4) is 0 Å². The van der Waals surface area contributed by atoms with Crippen molar-refractivity contribution in [2.45, 2.75) is 44.3 Å². The number of allylic oxidation sites excluding steroid dienone is 1. The molecular weight excluding hydrogens is 422 g/mol. The Hall–Kier alpha value is -3.39. The van der Waals surface area contributed by atoms with Gasteiger partial charge in [0.05, 0.1) is 5.69 Å². The van der Waals surface area contributed by atoms with Crippen molar-refractivity contribution >= 4 is 17.4 Å². The van der Waals surface area contributed by atoms with Gasteiger partial charge >= 0.3 is 0 Å². The van der Waals surface area contributed by atoms with E-state index in [-0.39, 0.29) is 5.56 Å². The van der Waals surface area contributed by atoms with E-state index in [1.165, 1.54) is 17.3 Å². The van der Waals surface area contributed by atoms with Gasteiger partial charge in [0.2, 0.25) is 0 Å². The van der Waals surface area contributed by atoms with Gasteiger partial charge in [-0.3, -0.25) is 13.8 Å². The van der Waals surface area contributed by atoms with Crippen molar-refractivity contribution in [1.29, 1.82) is 0 Å². The minimum atomic E-state index is -0.0926. The lowest BCUT2D eigenvalue weighted by Gasteiger charge is -2.10. The second-order valence-corrected chi connectivity index (χ2v) is 8.34. The highest BCUT2D eigenvalue weighted by atomic mass is 32.2. The van der Waals surface area contributed by atoms with Crippen LogP contribution in [0.2, 0.25) is 0 Å². The third-order valence-corrected chi connectivity index (χ3v) is 6.01. The Balaban J connectivity index is 1.48. The number of pyridine rings is 1. The summed E-state index contributed by atoms with van der Waals surface area (Å²) in [5, 5.41) is 9.36. The predicted octanol–water partition coefficient (Wildman–Crippen LogP) is 4.21. The van der Waals surface area contributed by atoms with Crippen LogP contribution in [-0.4, -0.2) is 24.1 Å². The average molecular weight is 448 g/mol. The third-order valence-electron chi connectivity index (χ3n) is 5.01. The molecule has 0 bridgehead atoms. The second-order valence-electron chi connectivity index (χ2n) is 7.39. The first-order valence-corrected chi connectivity index (χ1v) is 11.4. The molecule has 32 heavy (non-hydrogen) atoms. The summed E-state index contributed by atoms with van der Waals surface area (Å²) >= 11 is 1.48. The molecule has 0 fully saturated rings. The highest BCUT2D eigenvalue weighted by Crippen LogP contribution is 2.22. The number of thioether (sulfide) groups is 1. The van der Waals surface area contributed by atoms with E-state index < -0.39 is 0 Å². The third kappa shape index (κ3) is 4.91. The molecule has 8 heteroatoms. The van der Waals surface area contributed by atoms with Crippen molar-refractivity contribution in [2.75, 3.05) is 0 Å². The molecular formula is C24H25N5O2S.